The van der Waals surface area contributed by atoms with Crippen molar-refractivity contribution >= 4 is 11.6 Å². The second kappa shape index (κ2) is 9.23. The van der Waals surface area contributed by atoms with Crippen molar-refractivity contribution in [3.8, 4) is 17.1 Å². The first-order valence-electron chi connectivity index (χ1n) is 11.0. The molecule has 0 spiro atoms. The Hall–Kier alpha value is -4.39. The van der Waals surface area contributed by atoms with Crippen LogP contribution in [-0.2, 0) is 6.54 Å². The van der Waals surface area contributed by atoms with Gasteiger partial charge in [0.2, 0.25) is 5.82 Å². The second-order valence-electron chi connectivity index (χ2n) is 8.02. The largest absolute Gasteiger partial charge is 0.497 e. The third-order valence-corrected chi connectivity index (χ3v) is 5.92. The van der Waals surface area contributed by atoms with Gasteiger partial charge in [0.05, 0.1) is 25.3 Å². The Morgan fingerprint density at radius 3 is 2.32 bits per heavy atom. The number of hydrogen-bond acceptors (Lipinski definition) is 5. The molecule has 1 aliphatic rings. The Labute approximate surface area is 197 Å². The van der Waals surface area contributed by atoms with E-state index in [-0.39, 0.29) is 6.03 Å². The molecule has 3 aromatic carbocycles. The average molecular weight is 453 g/mol. The van der Waals surface area contributed by atoms with Crippen molar-refractivity contribution < 1.29 is 14.1 Å². The molecule has 1 aromatic heterocycles. The highest BCUT2D eigenvalue weighted by Crippen LogP contribution is 2.38. The maximum atomic E-state index is 13.2. The number of ether oxygens (including phenoxy) is 1. The summed E-state index contributed by atoms with van der Waals surface area (Å²) in [5, 5.41) is 7.34. The number of hydrogen-bond donors (Lipinski definition) is 1. The fraction of sp³-hybridized carbons (Fsp3) is 0.148. The lowest BCUT2D eigenvalue weighted by Crippen LogP contribution is -2.45. The van der Waals surface area contributed by atoms with Crippen LogP contribution < -0.4 is 10.1 Å². The van der Waals surface area contributed by atoms with Gasteiger partial charge in [0.1, 0.15) is 5.75 Å². The van der Waals surface area contributed by atoms with Crippen LogP contribution in [0.25, 0.3) is 17.0 Å². The van der Waals surface area contributed by atoms with Gasteiger partial charge in [-0.3, -0.25) is 4.90 Å². The SMILES string of the molecule is COc1ccc(C2NC(=O)N(Cc3ccccc3)C(C)=C2c2nc(-c3ccccc3)no2)cc1. The summed E-state index contributed by atoms with van der Waals surface area (Å²) in [6.45, 7) is 2.34. The van der Waals surface area contributed by atoms with E-state index >= 15 is 0 Å². The molecule has 2 heterocycles. The predicted molar refractivity (Wildman–Crippen MR) is 129 cm³/mol. The molecule has 170 valence electrons. The molecule has 1 aliphatic heterocycles. The van der Waals surface area contributed by atoms with Crippen LogP contribution in [0.4, 0.5) is 4.79 Å². The Kier molecular flexibility index (Phi) is 5.82. The number of nitrogens with zero attached hydrogens (tertiary/aromatic N) is 3. The predicted octanol–water partition coefficient (Wildman–Crippen LogP) is 5.44. The Bertz CT molecular complexity index is 1320. The standard InChI is InChI=1S/C27H24N4O3/c1-18-23(26-29-25(30-34-26)21-11-7-4-8-12-21)24(20-13-15-22(33-2)16-14-20)28-27(32)31(18)17-19-9-5-3-6-10-19/h3-16,24H,17H2,1-2H3,(H,28,32). The molecular weight excluding hydrogens is 428 g/mol. The van der Waals surface area contributed by atoms with Gasteiger partial charge in [-0.25, -0.2) is 4.79 Å². The van der Waals surface area contributed by atoms with Crippen molar-refractivity contribution in [1.29, 1.82) is 0 Å². The maximum absolute atomic E-state index is 13.2. The number of nitrogens with one attached hydrogen (secondary N) is 1. The molecule has 1 unspecified atom stereocenters. The van der Waals surface area contributed by atoms with Gasteiger partial charge < -0.3 is 14.6 Å². The van der Waals surface area contributed by atoms with E-state index < -0.39 is 6.04 Å². The van der Waals surface area contributed by atoms with Crippen molar-refractivity contribution in [1.82, 2.24) is 20.4 Å². The Balaban J connectivity index is 1.59. The lowest BCUT2D eigenvalue weighted by atomic mass is 9.94. The van der Waals surface area contributed by atoms with Crippen LogP contribution in [0.3, 0.4) is 0 Å². The lowest BCUT2D eigenvalue weighted by molar-refractivity contribution is 0.203. The Morgan fingerprint density at radius 1 is 0.971 bits per heavy atom. The number of carbonyl (C=O) groups is 1. The van der Waals surface area contributed by atoms with Crippen LogP contribution in [0.2, 0.25) is 0 Å². The summed E-state index contributed by atoms with van der Waals surface area (Å²) in [5.74, 6) is 1.61. The highest BCUT2D eigenvalue weighted by Gasteiger charge is 2.35. The number of amides is 2. The third-order valence-electron chi connectivity index (χ3n) is 5.92. The van der Waals surface area contributed by atoms with Gasteiger partial charge >= 0.3 is 6.03 Å². The molecule has 4 aromatic rings. The first-order valence-corrected chi connectivity index (χ1v) is 11.0. The average Bonchev–Trinajstić information content (AvgIpc) is 3.37. The number of carbonyl (C=O) groups excluding carboxylic acids is 1. The minimum Gasteiger partial charge on any atom is -0.497 e. The molecule has 0 radical (unpaired) electrons. The molecule has 34 heavy (non-hydrogen) atoms. The molecule has 1 N–H and O–H groups in total. The van der Waals surface area contributed by atoms with E-state index in [9.17, 15) is 4.79 Å². The van der Waals surface area contributed by atoms with Crippen molar-refractivity contribution in [3.63, 3.8) is 0 Å². The van der Waals surface area contributed by atoms with Gasteiger partial charge in [-0.2, -0.15) is 4.98 Å². The van der Waals surface area contributed by atoms with Gasteiger partial charge in [0, 0.05) is 11.3 Å². The van der Waals surface area contributed by atoms with Crippen LogP contribution in [0.1, 0.15) is 30.0 Å². The molecule has 0 aliphatic carbocycles. The summed E-state index contributed by atoms with van der Waals surface area (Å²) in [7, 11) is 1.62. The fourth-order valence-corrected chi connectivity index (χ4v) is 4.10. The topological polar surface area (TPSA) is 80.5 Å². The molecule has 7 nitrogen and oxygen atoms in total. The number of allylic oxidation sites excluding steroid dienone is 1. The summed E-state index contributed by atoms with van der Waals surface area (Å²) in [6, 6.07) is 26.5. The minimum absolute atomic E-state index is 0.186. The molecule has 0 bridgehead atoms. The van der Waals surface area contributed by atoms with E-state index in [0.29, 0.717) is 18.3 Å². The quantitative estimate of drug-likeness (QED) is 0.421. The van der Waals surface area contributed by atoms with Crippen LogP contribution in [0.5, 0.6) is 5.75 Å². The first kappa shape index (κ1) is 21.5. The summed E-state index contributed by atoms with van der Waals surface area (Å²) in [5.41, 5.74) is 4.29. The molecule has 0 saturated carbocycles. The number of urea groups is 1. The summed E-state index contributed by atoms with van der Waals surface area (Å²) in [6.07, 6.45) is 0. The van der Waals surface area contributed by atoms with Crippen LogP contribution in [-0.4, -0.2) is 28.2 Å². The highest BCUT2D eigenvalue weighted by molar-refractivity contribution is 5.86. The van der Waals surface area contributed by atoms with Crippen molar-refractivity contribution in [3.05, 3.63) is 108 Å². The summed E-state index contributed by atoms with van der Waals surface area (Å²) >= 11 is 0. The van der Waals surface area contributed by atoms with E-state index in [1.54, 1.807) is 12.0 Å². The van der Waals surface area contributed by atoms with Crippen LogP contribution >= 0.6 is 0 Å². The normalized spacial score (nSPS) is 15.9. The smallest absolute Gasteiger partial charge is 0.322 e. The van der Waals surface area contributed by atoms with E-state index in [4.69, 9.17) is 14.2 Å². The van der Waals surface area contributed by atoms with E-state index in [1.807, 2.05) is 91.9 Å². The fourth-order valence-electron chi connectivity index (χ4n) is 4.10. The number of benzene rings is 3. The number of methoxy groups -OCH3 is 1. The molecule has 2 amide bonds. The molecule has 0 fully saturated rings. The third kappa shape index (κ3) is 4.15. The van der Waals surface area contributed by atoms with E-state index in [2.05, 4.69) is 10.5 Å². The zero-order chi connectivity index (χ0) is 23.5. The van der Waals surface area contributed by atoms with Gasteiger partial charge in [-0.15, -0.1) is 0 Å². The highest BCUT2D eigenvalue weighted by atomic mass is 16.5. The van der Waals surface area contributed by atoms with Gasteiger partial charge in [-0.1, -0.05) is 78.0 Å². The molecular formula is C27H24N4O3. The van der Waals surface area contributed by atoms with Crippen molar-refractivity contribution in [2.45, 2.75) is 19.5 Å². The summed E-state index contributed by atoms with van der Waals surface area (Å²) in [4.78, 5) is 19.6. The number of rotatable bonds is 6. The Morgan fingerprint density at radius 2 is 1.65 bits per heavy atom. The van der Waals surface area contributed by atoms with Crippen molar-refractivity contribution in [2.24, 2.45) is 0 Å². The zero-order valence-corrected chi connectivity index (χ0v) is 18.9. The van der Waals surface area contributed by atoms with Gasteiger partial charge in [0.15, 0.2) is 0 Å². The van der Waals surface area contributed by atoms with Crippen molar-refractivity contribution in [2.75, 3.05) is 7.11 Å². The van der Waals surface area contributed by atoms with Crippen LogP contribution in [0, 0.1) is 0 Å². The molecule has 1 atom stereocenters. The molecule has 0 saturated heterocycles. The second-order valence-corrected chi connectivity index (χ2v) is 8.02. The number of aromatic nitrogens is 2. The maximum Gasteiger partial charge on any atom is 0.322 e. The minimum atomic E-state index is -0.450. The molecule has 5 rings (SSSR count). The van der Waals surface area contributed by atoms with Gasteiger partial charge in [-0.05, 0) is 30.2 Å². The molecule has 7 heteroatoms. The zero-order valence-electron chi connectivity index (χ0n) is 18.9. The van der Waals surface area contributed by atoms with E-state index in [1.165, 1.54) is 0 Å². The van der Waals surface area contributed by atoms with Crippen LogP contribution in [0.15, 0.2) is 95.1 Å². The van der Waals surface area contributed by atoms with E-state index in [0.717, 1.165) is 33.7 Å². The monoisotopic (exact) mass is 452 g/mol. The first-order chi connectivity index (χ1) is 16.6. The lowest BCUT2D eigenvalue weighted by Gasteiger charge is -2.35. The van der Waals surface area contributed by atoms with Gasteiger partial charge in [0.25, 0.3) is 5.89 Å². The summed E-state index contributed by atoms with van der Waals surface area (Å²) < 4.78 is 11.0.